The molecule has 2 rings (SSSR count). The largest absolute Gasteiger partial charge is 0.480 e. The van der Waals surface area contributed by atoms with Gasteiger partial charge in [0, 0.05) is 6.07 Å². The van der Waals surface area contributed by atoms with Gasteiger partial charge in [0.15, 0.2) is 0 Å². The summed E-state index contributed by atoms with van der Waals surface area (Å²) in [5.41, 5.74) is 1.42. The lowest BCUT2D eigenvalue weighted by molar-refractivity contribution is -0.137. The number of carbonyl (C=O) groups is 3. The van der Waals surface area contributed by atoms with Crippen molar-refractivity contribution in [3.05, 3.63) is 27.7 Å². The number of aryl methyl sites for hydroxylation is 2. The fraction of sp³-hybridized carbons (Fsp3) is 0.500. The lowest BCUT2D eigenvalue weighted by Gasteiger charge is -2.15. The SMILES string of the molecule is O=C(O)CNC(=O)CNC(=O)Cn1nc2c(cc1=O)CCCC2. The Balaban J connectivity index is 1.89. The second kappa shape index (κ2) is 7.52. The van der Waals surface area contributed by atoms with Crippen molar-refractivity contribution in [3.8, 4) is 0 Å². The van der Waals surface area contributed by atoms with Crippen molar-refractivity contribution in [2.24, 2.45) is 0 Å². The van der Waals surface area contributed by atoms with E-state index >= 15 is 0 Å². The van der Waals surface area contributed by atoms with Crippen molar-refractivity contribution in [2.45, 2.75) is 32.2 Å². The second-order valence-corrected chi connectivity index (χ2v) is 5.27. The van der Waals surface area contributed by atoms with Crippen molar-refractivity contribution < 1.29 is 19.5 Å². The number of aromatic nitrogens is 2. The molecule has 0 saturated heterocycles. The molecule has 0 fully saturated rings. The molecule has 0 aromatic carbocycles. The van der Waals surface area contributed by atoms with E-state index in [0.29, 0.717) is 0 Å². The van der Waals surface area contributed by atoms with Crippen LogP contribution in [0.2, 0.25) is 0 Å². The molecule has 1 aliphatic rings. The quantitative estimate of drug-likeness (QED) is 0.580. The summed E-state index contributed by atoms with van der Waals surface area (Å²) in [7, 11) is 0. The zero-order chi connectivity index (χ0) is 16.8. The molecule has 1 aromatic rings. The van der Waals surface area contributed by atoms with Crippen molar-refractivity contribution >= 4 is 17.8 Å². The molecule has 124 valence electrons. The van der Waals surface area contributed by atoms with Gasteiger partial charge in [0.25, 0.3) is 5.56 Å². The molecule has 2 amide bonds. The van der Waals surface area contributed by atoms with Crippen LogP contribution in [0.15, 0.2) is 10.9 Å². The van der Waals surface area contributed by atoms with E-state index < -0.39 is 24.3 Å². The van der Waals surface area contributed by atoms with Crippen molar-refractivity contribution in [1.29, 1.82) is 0 Å². The normalized spacial score (nSPS) is 13.0. The number of nitrogens with one attached hydrogen (secondary N) is 2. The summed E-state index contributed by atoms with van der Waals surface area (Å²) >= 11 is 0. The van der Waals surface area contributed by atoms with Gasteiger partial charge in [-0.1, -0.05) is 0 Å². The van der Waals surface area contributed by atoms with E-state index in [1.54, 1.807) is 0 Å². The summed E-state index contributed by atoms with van der Waals surface area (Å²) in [6, 6.07) is 1.51. The molecule has 0 spiro atoms. The van der Waals surface area contributed by atoms with E-state index in [2.05, 4.69) is 15.7 Å². The van der Waals surface area contributed by atoms with Gasteiger partial charge in [-0.25, -0.2) is 4.68 Å². The van der Waals surface area contributed by atoms with E-state index in [0.717, 1.165) is 41.6 Å². The Morgan fingerprint density at radius 1 is 1.13 bits per heavy atom. The molecule has 1 heterocycles. The summed E-state index contributed by atoms with van der Waals surface area (Å²) in [6.45, 7) is -1.15. The number of carboxylic acid groups (broad SMARTS) is 1. The van der Waals surface area contributed by atoms with Crippen LogP contribution in [-0.2, 0) is 33.8 Å². The van der Waals surface area contributed by atoms with E-state index in [1.165, 1.54) is 6.07 Å². The average Bonchev–Trinajstić information content (AvgIpc) is 2.51. The Kier molecular flexibility index (Phi) is 5.45. The van der Waals surface area contributed by atoms with Crippen LogP contribution in [0.3, 0.4) is 0 Å². The molecule has 0 unspecified atom stereocenters. The van der Waals surface area contributed by atoms with Crippen molar-refractivity contribution in [2.75, 3.05) is 13.1 Å². The predicted molar refractivity (Wildman–Crippen MR) is 78.8 cm³/mol. The summed E-state index contributed by atoms with van der Waals surface area (Å²) in [6.07, 6.45) is 3.65. The van der Waals surface area contributed by atoms with E-state index in [4.69, 9.17) is 5.11 Å². The number of hydrogen-bond acceptors (Lipinski definition) is 5. The highest BCUT2D eigenvalue weighted by atomic mass is 16.4. The van der Waals surface area contributed by atoms with Crippen molar-refractivity contribution in [3.63, 3.8) is 0 Å². The highest BCUT2D eigenvalue weighted by molar-refractivity contribution is 5.86. The fourth-order valence-corrected chi connectivity index (χ4v) is 2.32. The molecule has 0 radical (unpaired) electrons. The van der Waals surface area contributed by atoms with E-state index in [1.807, 2.05) is 0 Å². The first-order chi connectivity index (χ1) is 11.0. The van der Waals surface area contributed by atoms with Crippen LogP contribution in [0.4, 0.5) is 0 Å². The maximum atomic E-state index is 11.9. The average molecular weight is 322 g/mol. The predicted octanol–water partition coefficient (Wildman–Crippen LogP) is -1.56. The Morgan fingerprint density at radius 2 is 1.83 bits per heavy atom. The molecular formula is C14H18N4O5. The maximum absolute atomic E-state index is 11.9. The van der Waals surface area contributed by atoms with Crippen LogP contribution >= 0.6 is 0 Å². The third-order valence-corrected chi connectivity index (χ3v) is 3.45. The first-order valence-corrected chi connectivity index (χ1v) is 7.31. The van der Waals surface area contributed by atoms with Gasteiger partial charge in [0.2, 0.25) is 11.8 Å². The van der Waals surface area contributed by atoms with E-state index in [-0.39, 0.29) is 18.6 Å². The first kappa shape index (κ1) is 16.7. The lowest BCUT2D eigenvalue weighted by atomic mass is 9.97. The highest BCUT2D eigenvalue weighted by Gasteiger charge is 2.15. The fourth-order valence-electron chi connectivity index (χ4n) is 2.32. The van der Waals surface area contributed by atoms with Gasteiger partial charge >= 0.3 is 5.97 Å². The number of nitrogens with zero attached hydrogens (tertiary/aromatic N) is 2. The monoisotopic (exact) mass is 322 g/mol. The van der Waals surface area contributed by atoms with Crippen molar-refractivity contribution in [1.82, 2.24) is 20.4 Å². The summed E-state index contributed by atoms with van der Waals surface area (Å²) < 4.78 is 1.08. The van der Waals surface area contributed by atoms with Gasteiger partial charge in [-0.15, -0.1) is 0 Å². The molecule has 9 heteroatoms. The number of rotatable bonds is 6. The van der Waals surface area contributed by atoms with Gasteiger partial charge in [-0.3, -0.25) is 19.2 Å². The standard InChI is InChI=1S/C14H18N4O5/c19-11(16-7-14(22)23)6-15-12(20)8-18-13(21)5-9-3-1-2-4-10(9)17-18/h5H,1-4,6-8H2,(H,15,20)(H,16,19)(H,22,23). The topological polar surface area (TPSA) is 130 Å². The van der Waals surface area contributed by atoms with Gasteiger partial charge < -0.3 is 15.7 Å². The molecule has 9 nitrogen and oxygen atoms in total. The Hall–Kier alpha value is -2.71. The van der Waals surface area contributed by atoms with Crippen LogP contribution in [0.1, 0.15) is 24.1 Å². The maximum Gasteiger partial charge on any atom is 0.322 e. The molecule has 1 aromatic heterocycles. The number of fused-ring (bicyclic) bond motifs is 1. The van der Waals surface area contributed by atoms with Crippen LogP contribution in [0.5, 0.6) is 0 Å². The molecule has 23 heavy (non-hydrogen) atoms. The van der Waals surface area contributed by atoms with Crippen LogP contribution in [-0.4, -0.2) is 45.8 Å². The highest BCUT2D eigenvalue weighted by Crippen LogP contribution is 2.16. The number of carboxylic acids is 1. The van der Waals surface area contributed by atoms with Crippen LogP contribution in [0.25, 0.3) is 0 Å². The molecule has 0 aliphatic heterocycles. The minimum atomic E-state index is -1.17. The molecular weight excluding hydrogens is 304 g/mol. The van der Waals surface area contributed by atoms with Crippen LogP contribution < -0.4 is 16.2 Å². The molecule has 3 N–H and O–H groups in total. The zero-order valence-corrected chi connectivity index (χ0v) is 12.5. The molecule has 1 aliphatic carbocycles. The number of hydrogen-bond donors (Lipinski definition) is 3. The summed E-state index contributed by atoms with van der Waals surface area (Å²) in [5, 5.41) is 17.1. The number of amides is 2. The zero-order valence-electron chi connectivity index (χ0n) is 12.5. The lowest BCUT2D eigenvalue weighted by Crippen LogP contribution is -2.41. The van der Waals surface area contributed by atoms with E-state index in [9.17, 15) is 19.2 Å². The molecule has 0 saturated carbocycles. The second-order valence-electron chi connectivity index (χ2n) is 5.27. The molecule has 0 atom stereocenters. The Bertz CT molecular complexity index is 682. The van der Waals surface area contributed by atoms with Gasteiger partial charge in [-0.05, 0) is 31.2 Å². The third kappa shape index (κ3) is 4.90. The molecule has 0 bridgehead atoms. The minimum Gasteiger partial charge on any atom is -0.480 e. The smallest absolute Gasteiger partial charge is 0.322 e. The van der Waals surface area contributed by atoms with Gasteiger partial charge in [-0.2, -0.15) is 5.10 Å². The minimum absolute atomic E-state index is 0.279. The van der Waals surface area contributed by atoms with Gasteiger partial charge in [0.05, 0.1) is 12.2 Å². The Labute approximate surface area is 131 Å². The first-order valence-electron chi connectivity index (χ1n) is 7.31. The Morgan fingerprint density at radius 3 is 2.57 bits per heavy atom. The number of aliphatic carboxylic acids is 1. The number of carbonyl (C=O) groups excluding carboxylic acids is 2. The summed E-state index contributed by atoms with van der Waals surface area (Å²) in [5.74, 6) is -2.33. The van der Waals surface area contributed by atoms with Crippen LogP contribution in [0, 0.1) is 0 Å². The third-order valence-electron chi connectivity index (χ3n) is 3.45. The van der Waals surface area contributed by atoms with Gasteiger partial charge in [0.1, 0.15) is 13.1 Å². The summed E-state index contributed by atoms with van der Waals surface area (Å²) in [4.78, 5) is 45.3.